The van der Waals surface area contributed by atoms with Gasteiger partial charge in [-0.2, -0.15) is 13.2 Å². The molecule has 0 radical (unpaired) electrons. The lowest BCUT2D eigenvalue weighted by atomic mass is 9.93. The van der Waals surface area contributed by atoms with Crippen molar-refractivity contribution in [1.82, 2.24) is 0 Å². The fraction of sp³-hybridized carbons (Fsp3) is 0.857. The predicted octanol–water partition coefficient (Wildman–Crippen LogP) is 2.47. The molecule has 1 aliphatic rings. The smallest absolute Gasteiger partial charge is 0.428 e. The fourth-order valence-corrected chi connectivity index (χ4v) is 1.45. The number of alkyl halides is 3. The standard InChI is InChI=1S/C7H8ClF3O3/c8-5(12)14-6(7(9,10)11)1-3-13-4-2-6/h1-4H2. The number of carbonyl (C=O) groups is 1. The molecule has 0 atom stereocenters. The van der Waals surface area contributed by atoms with E-state index in [1.54, 1.807) is 0 Å². The van der Waals surface area contributed by atoms with Crippen LogP contribution in [0.2, 0.25) is 0 Å². The summed E-state index contributed by atoms with van der Waals surface area (Å²) in [7, 11) is 0. The highest BCUT2D eigenvalue weighted by atomic mass is 35.5. The first-order chi connectivity index (χ1) is 6.37. The summed E-state index contributed by atoms with van der Waals surface area (Å²) in [5, 5.41) is 0. The average Bonchev–Trinajstić information content (AvgIpc) is 2.02. The zero-order valence-corrected chi connectivity index (χ0v) is 7.82. The highest BCUT2D eigenvalue weighted by Crippen LogP contribution is 2.41. The van der Waals surface area contributed by atoms with Gasteiger partial charge < -0.3 is 9.47 Å². The maximum atomic E-state index is 12.6. The summed E-state index contributed by atoms with van der Waals surface area (Å²) in [5.74, 6) is 0. The van der Waals surface area contributed by atoms with E-state index in [9.17, 15) is 18.0 Å². The molecule has 0 unspecified atom stereocenters. The summed E-state index contributed by atoms with van der Waals surface area (Å²) in [6.07, 6.45) is -5.43. The van der Waals surface area contributed by atoms with Gasteiger partial charge in [-0.3, -0.25) is 0 Å². The van der Waals surface area contributed by atoms with Crippen LogP contribution in [0.25, 0.3) is 0 Å². The predicted molar refractivity (Wildman–Crippen MR) is 41.2 cm³/mol. The van der Waals surface area contributed by atoms with Crippen LogP contribution in [0.4, 0.5) is 18.0 Å². The number of hydrogen-bond acceptors (Lipinski definition) is 3. The van der Waals surface area contributed by atoms with Crippen molar-refractivity contribution in [2.75, 3.05) is 13.2 Å². The van der Waals surface area contributed by atoms with Gasteiger partial charge in [0.15, 0.2) is 0 Å². The highest BCUT2D eigenvalue weighted by Gasteiger charge is 2.58. The number of carbonyl (C=O) groups excluding carboxylic acids is 1. The van der Waals surface area contributed by atoms with Crippen LogP contribution in [0.3, 0.4) is 0 Å². The van der Waals surface area contributed by atoms with E-state index in [0.29, 0.717) is 0 Å². The Balaban J connectivity index is 2.83. The van der Waals surface area contributed by atoms with Crippen LogP contribution in [0.15, 0.2) is 0 Å². The lowest BCUT2D eigenvalue weighted by Gasteiger charge is -2.36. The van der Waals surface area contributed by atoms with Gasteiger partial charge in [-0.05, 0) is 0 Å². The lowest BCUT2D eigenvalue weighted by Crippen LogP contribution is -2.51. The number of ether oxygens (including phenoxy) is 2. The Morgan fingerprint density at radius 3 is 2.21 bits per heavy atom. The van der Waals surface area contributed by atoms with Gasteiger partial charge in [0.05, 0.1) is 13.2 Å². The maximum Gasteiger partial charge on any atom is 0.428 e. The van der Waals surface area contributed by atoms with Gasteiger partial charge in [0, 0.05) is 24.4 Å². The van der Waals surface area contributed by atoms with Gasteiger partial charge in [-0.25, -0.2) is 4.79 Å². The van der Waals surface area contributed by atoms with Crippen molar-refractivity contribution in [3.63, 3.8) is 0 Å². The van der Waals surface area contributed by atoms with E-state index >= 15 is 0 Å². The molecule has 1 rings (SSSR count). The Hall–Kier alpha value is -0.490. The van der Waals surface area contributed by atoms with Crippen molar-refractivity contribution < 1.29 is 27.4 Å². The van der Waals surface area contributed by atoms with E-state index in [4.69, 9.17) is 16.3 Å². The van der Waals surface area contributed by atoms with Gasteiger partial charge in [-0.1, -0.05) is 0 Å². The van der Waals surface area contributed by atoms with E-state index in [2.05, 4.69) is 4.74 Å². The van der Waals surface area contributed by atoms with Crippen molar-refractivity contribution in [1.29, 1.82) is 0 Å². The second-order valence-electron chi connectivity index (χ2n) is 2.94. The molecular formula is C7H8ClF3O3. The Kier molecular flexibility index (Phi) is 3.26. The summed E-state index contributed by atoms with van der Waals surface area (Å²) >= 11 is 4.80. The first-order valence-corrected chi connectivity index (χ1v) is 4.28. The third kappa shape index (κ3) is 2.30. The maximum absolute atomic E-state index is 12.6. The van der Waals surface area contributed by atoms with Crippen LogP contribution in [-0.4, -0.2) is 30.4 Å². The molecule has 0 aromatic rings. The molecule has 1 heterocycles. The molecule has 1 aliphatic heterocycles. The third-order valence-electron chi connectivity index (χ3n) is 2.09. The first-order valence-electron chi connectivity index (χ1n) is 3.90. The van der Waals surface area contributed by atoms with Crippen LogP contribution in [-0.2, 0) is 9.47 Å². The van der Waals surface area contributed by atoms with Crippen molar-refractivity contribution in [2.45, 2.75) is 24.6 Å². The molecule has 0 saturated carbocycles. The molecule has 3 nitrogen and oxygen atoms in total. The topological polar surface area (TPSA) is 35.5 Å². The Morgan fingerprint density at radius 1 is 1.36 bits per heavy atom. The minimum atomic E-state index is -4.61. The minimum absolute atomic E-state index is 0.0936. The van der Waals surface area contributed by atoms with Crippen molar-refractivity contribution in [2.24, 2.45) is 0 Å². The molecule has 0 N–H and O–H groups in total. The van der Waals surface area contributed by atoms with Crippen molar-refractivity contribution in [3.8, 4) is 0 Å². The van der Waals surface area contributed by atoms with Gasteiger partial charge in [0.2, 0.25) is 5.60 Å². The zero-order chi connectivity index (χ0) is 10.8. The summed E-state index contributed by atoms with van der Waals surface area (Å²) in [5.41, 5.74) is -3.91. The molecule has 1 fully saturated rings. The molecular weight excluding hydrogens is 225 g/mol. The number of rotatable bonds is 1. The SMILES string of the molecule is O=C(Cl)OC1(C(F)(F)F)CCOCC1. The minimum Gasteiger partial charge on any atom is -0.437 e. The molecule has 7 heteroatoms. The summed E-state index contributed by atoms with van der Waals surface area (Å²) in [6.45, 7) is -0.187. The van der Waals surface area contributed by atoms with Crippen molar-refractivity contribution in [3.05, 3.63) is 0 Å². The zero-order valence-electron chi connectivity index (χ0n) is 7.07. The van der Waals surface area contributed by atoms with E-state index < -0.39 is 30.0 Å². The molecule has 0 aliphatic carbocycles. The monoisotopic (exact) mass is 232 g/mol. The average molecular weight is 233 g/mol. The fourth-order valence-electron chi connectivity index (χ4n) is 1.30. The Labute approximate surface area is 83.1 Å². The van der Waals surface area contributed by atoms with Gasteiger partial charge in [0.1, 0.15) is 0 Å². The largest absolute Gasteiger partial charge is 0.437 e. The molecule has 1 saturated heterocycles. The molecule has 0 amide bonds. The van der Waals surface area contributed by atoms with Crippen LogP contribution >= 0.6 is 11.6 Å². The van der Waals surface area contributed by atoms with E-state index in [-0.39, 0.29) is 13.2 Å². The molecule has 82 valence electrons. The molecule has 0 spiro atoms. The second-order valence-corrected chi connectivity index (χ2v) is 3.25. The first kappa shape index (κ1) is 11.6. The lowest BCUT2D eigenvalue weighted by molar-refractivity contribution is -0.275. The van der Waals surface area contributed by atoms with Crippen LogP contribution in [0, 0.1) is 0 Å². The van der Waals surface area contributed by atoms with Gasteiger partial charge >= 0.3 is 11.6 Å². The normalized spacial score (nSPS) is 21.7. The van der Waals surface area contributed by atoms with Crippen LogP contribution in [0.1, 0.15) is 12.8 Å². The molecule has 0 bridgehead atoms. The quantitative estimate of drug-likeness (QED) is 0.652. The van der Waals surface area contributed by atoms with E-state index in [0.717, 1.165) is 0 Å². The van der Waals surface area contributed by atoms with Gasteiger partial charge in [-0.15, -0.1) is 0 Å². The third-order valence-corrected chi connectivity index (χ3v) is 2.17. The van der Waals surface area contributed by atoms with Crippen molar-refractivity contribution >= 4 is 17.0 Å². The second kappa shape index (κ2) is 3.94. The van der Waals surface area contributed by atoms with Gasteiger partial charge in [0.25, 0.3) is 0 Å². The molecule has 0 aromatic carbocycles. The summed E-state index contributed by atoms with van der Waals surface area (Å²) < 4.78 is 46.6. The number of halogens is 4. The van der Waals surface area contributed by atoms with Crippen LogP contribution < -0.4 is 0 Å². The van der Waals surface area contributed by atoms with Crippen LogP contribution in [0.5, 0.6) is 0 Å². The summed E-state index contributed by atoms with van der Waals surface area (Å²) in [6, 6.07) is 0. The molecule has 14 heavy (non-hydrogen) atoms. The highest BCUT2D eigenvalue weighted by molar-refractivity contribution is 6.61. The molecule has 0 aromatic heterocycles. The number of hydrogen-bond donors (Lipinski definition) is 0. The Morgan fingerprint density at radius 2 is 1.86 bits per heavy atom. The van der Waals surface area contributed by atoms with E-state index in [1.807, 2.05) is 0 Å². The van der Waals surface area contributed by atoms with E-state index in [1.165, 1.54) is 0 Å². The Bertz CT molecular complexity index is 223. The summed E-state index contributed by atoms with van der Waals surface area (Å²) in [4.78, 5) is 10.4.